The highest BCUT2D eigenvalue weighted by Crippen LogP contribution is 2.30. The molecule has 3 aromatic rings. The van der Waals surface area contributed by atoms with Gasteiger partial charge in [-0.3, -0.25) is 0 Å². The molecule has 9 heteroatoms. The fourth-order valence-corrected chi connectivity index (χ4v) is 2.66. The first-order chi connectivity index (χ1) is 9.93. The molecule has 0 fully saturated rings. The first-order valence-corrected chi connectivity index (χ1v) is 7.27. The van der Waals surface area contributed by atoms with Gasteiger partial charge in [0.05, 0.1) is 0 Å². The summed E-state index contributed by atoms with van der Waals surface area (Å²) >= 11 is 4.58. The van der Waals surface area contributed by atoms with Gasteiger partial charge in [-0.1, -0.05) is 27.7 Å². The molecule has 108 valence electrons. The molecule has 4 nitrogen and oxygen atoms in total. The molecule has 0 saturated heterocycles. The molecule has 0 unspecified atom stereocenters. The van der Waals surface area contributed by atoms with Gasteiger partial charge in [-0.05, 0) is 36.4 Å². The van der Waals surface area contributed by atoms with Crippen molar-refractivity contribution in [2.75, 3.05) is 0 Å². The molecule has 0 N–H and O–H groups in total. The SMILES string of the molecule is FC(F)(F)c1nnc2ccc(Sc3ccc(Br)cc3)nn12. The first-order valence-electron chi connectivity index (χ1n) is 5.66. The Morgan fingerprint density at radius 3 is 2.38 bits per heavy atom. The van der Waals surface area contributed by atoms with E-state index in [1.54, 1.807) is 6.07 Å². The van der Waals surface area contributed by atoms with Crippen molar-refractivity contribution in [2.45, 2.75) is 16.1 Å². The second-order valence-electron chi connectivity index (χ2n) is 4.02. The minimum atomic E-state index is -4.59. The van der Waals surface area contributed by atoms with Gasteiger partial charge in [0.15, 0.2) is 5.65 Å². The summed E-state index contributed by atoms with van der Waals surface area (Å²) in [6.45, 7) is 0. The zero-order valence-electron chi connectivity index (χ0n) is 10.2. The monoisotopic (exact) mass is 374 g/mol. The second-order valence-corrected chi connectivity index (χ2v) is 6.03. The Balaban J connectivity index is 1.98. The molecule has 2 aromatic heterocycles. The van der Waals surface area contributed by atoms with Gasteiger partial charge in [0.1, 0.15) is 5.03 Å². The van der Waals surface area contributed by atoms with Gasteiger partial charge in [-0.25, -0.2) is 0 Å². The van der Waals surface area contributed by atoms with Crippen LogP contribution in [0.25, 0.3) is 5.65 Å². The van der Waals surface area contributed by atoms with E-state index in [0.717, 1.165) is 9.37 Å². The number of hydrogen-bond acceptors (Lipinski definition) is 4. The summed E-state index contributed by atoms with van der Waals surface area (Å²) in [5, 5.41) is 11.0. The number of rotatable bonds is 2. The lowest BCUT2D eigenvalue weighted by molar-refractivity contribution is -0.146. The van der Waals surface area contributed by atoms with Crippen LogP contribution in [-0.4, -0.2) is 19.8 Å². The molecular weight excluding hydrogens is 369 g/mol. The number of halogens is 4. The van der Waals surface area contributed by atoms with Crippen LogP contribution in [0.1, 0.15) is 5.82 Å². The van der Waals surface area contributed by atoms with Crippen molar-refractivity contribution in [3.63, 3.8) is 0 Å². The third-order valence-electron chi connectivity index (χ3n) is 2.53. The Morgan fingerprint density at radius 1 is 1.00 bits per heavy atom. The van der Waals surface area contributed by atoms with Crippen LogP contribution in [0.4, 0.5) is 13.2 Å². The zero-order valence-corrected chi connectivity index (χ0v) is 12.6. The molecule has 1 aromatic carbocycles. The summed E-state index contributed by atoms with van der Waals surface area (Å²) in [7, 11) is 0. The summed E-state index contributed by atoms with van der Waals surface area (Å²) in [5.41, 5.74) is 0.0579. The summed E-state index contributed by atoms with van der Waals surface area (Å²) < 4.78 is 40.0. The number of alkyl halides is 3. The first kappa shape index (κ1) is 14.3. The molecule has 0 aliphatic carbocycles. The van der Waals surface area contributed by atoms with E-state index < -0.39 is 12.0 Å². The van der Waals surface area contributed by atoms with Crippen molar-refractivity contribution in [3.8, 4) is 0 Å². The van der Waals surface area contributed by atoms with Gasteiger partial charge >= 0.3 is 6.18 Å². The second kappa shape index (κ2) is 5.30. The average Bonchev–Trinajstić information content (AvgIpc) is 2.84. The summed E-state index contributed by atoms with van der Waals surface area (Å²) in [5.74, 6) is -1.13. The predicted octanol–water partition coefficient (Wildman–Crippen LogP) is 4.06. The van der Waals surface area contributed by atoms with Crippen LogP contribution in [0.15, 0.2) is 50.8 Å². The fraction of sp³-hybridized carbons (Fsp3) is 0.0833. The Kier molecular flexibility index (Phi) is 3.62. The molecule has 0 saturated carbocycles. The van der Waals surface area contributed by atoms with Gasteiger partial charge in [0, 0.05) is 9.37 Å². The van der Waals surface area contributed by atoms with Gasteiger partial charge < -0.3 is 0 Å². The largest absolute Gasteiger partial charge is 0.453 e. The molecule has 0 radical (unpaired) electrons. The number of nitrogens with zero attached hydrogens (tertiary/aromatic N) is 4. The van der Waals surface area contributed by atoms with Crippen LogP contribution in [0, 0.1) is 0 Å². The highest BCUT2D eigenvalue weighted by Gasteiger charge is 2.37. The van der Waals surface area contributed by atoms with Crippen LogP contribution in [-0.2, 0) is 6.18 Å². The van der Waals surface area contributed by atoms with Gasteiger partial charge in [-0.2, -0.15) is 22.8 Å². The van der Waals surface area contributed by atoms with Crippen LogP contribution < -0.4 is 0 Å². The highest BCUT2D eigenvalue weighted by atomic mass is 79.9. The van der Waals surface area contributed by atoms with Crippen molar-refractivity contribution in [1.82, 2.24) is 19.8 Å². The molecule has 0 spiro atoms. The van der Waals surface area contributed by atoms with Crippen LogP contribution in [0.2, 0.25) is 0 Å². The lowest BCUT2D eigenvalue weighted by atomic mass is 10.4. The Bertz CT molecular complexity index is 785. The molecule has 0 bridgehead atoms. The lowest BCUT2D eigenvalue weighted by Gasteiger charge is -2.05. The van der Waals surface area contributed by atoms with Crippen molar-refractivity contribution in [2.24, 2.45) is 0 Å². The zero-order chi connectivity index (χ0) is 15.0. The van der Waals surface area contributed by atoms with Crippen LogP contribution in [0.5, 0.6) is 0 Å². The maximum atomic E-state index is 12.8. The Labute approximate surface area is 129 Å². The minimum absolute atomic E-state index is 0.0579. The average molecular weight is 375 g/mol. The molecule has 0 atom stereocenters. The summed E-state index contributed by atoms with van der Waals surface area (Å²) in [6.07, 6.45) is -4.59. The lowest BCUT2D eigenvalue weighted by Crippen LogP contribution is -2.12. The molecule has 0 aliphatic rings. The third kappa shape index (κ3) is 3.03. The van der Waals surface area contributed by atoms with Gasteiger partial charge in [-0.15, -0.1) is 10.2 Å². The summed E-state index contributed by atoms with van der Waals surface area (Å²) in [4.78, 5) is 0.867. The highest BCUT2D eigenvalue weighted by molar-refractivity contribution is 9.10. The van der Waals surface area contributed by atoms with E-state index in [9.17, 15) is 13.2 Å². The molecule has 0 amide bonds. The smallest absolute Gasteiger partial charge is 0.188 e. The number of aromatic nitrogens is 4. The van der Waals surface area contributed by atoms with Crippen LogP contribution in [0.3, 0.4) is 0 Å². The Morgan fingerprint density at radius 2 is 1.71 bits per heavy atom. The summed E-state index contributed by atoms with van der Waals surface area (Å²) in [6, 6.07) is 10.4. The van der Waals surface area contributed by atoms with Gasteiger partial charge in [0.2, 0.25) is 0 Å². The maximum Gasteiger partial charge on any atom is 0.453 e. The van der Waals surface area contributed by atoms with E-state index >= 15 is 0 Å². The fourth-order valence-electron chi connectivity index (χ4n) is 1.63. The van der Waals surface area contributed by atoms with Crippen molar-refractivity contribution >= 4 is 33.3 Å². The van der Waals surface area contributed by atoms with Crippen molar-refractivity contribution in [3.05, 3.63) is 46.7 Å². The molecule has 21 heavy (non-hydrogen) atoms. The topological polar surface area (TPSA) is 43.1 Å². The maximum absolute atomic E-state index is 12.8. The number of benzene rings is 1. The molecule has 3 rings (SSSR count). The standard InChI is InChI=1S/C12H6BrF3N4S/c13-7-1-3-8(4-2-7)21-10-6-5-9-17-18-11(12(14,15)16)20(9)19-10/h1-6H. The third-order valence-corrected chi connectivity index (χ3v) is 3.99. The van der Waals surface area contributed by atoms with E-state index in [0.29, 0.717) is 9.54 Å². The van der Waals surface area contributed by atoms with Crippen LogP contribution >= 0.6 is 27.7 Å². The normalized spacial score (nSPS) is 12.0. The van der Waals surface area contributed by atoms with E-state index in [2.05, 4.69) is 31.2 Å². The minimum Gasteiger partial charge on any atom is -0.188 e. The van der Waals surface area contributed by atoms with E-state index in [1.165, 1.54) is 17.8 Å². The molecule has 2 heterocycles. The van der Waals surface area contributed by atoms with E-state index in [1.807, 2.05) is 24.3 Å². The predicted molar refractivity (Wildman–Crippen MR) is 74.0 cm³/mol. The van der Waals surface area contributed by atoms with Crippen molar-refractivity contribution in [1.29, 1.82) is 0 Å². The quantitative estimate of drug-likeness (QED) is 0.678. The van der Waals surface area contributed by atoms with Gasteiger partial charge in [0.25, 0.3) is 5.82 Å². The van der Waals surface area contributed by atoms with E-state index in [4.69, 9.17) is 0 Å². The van der Waals surface area contributed by atoms with Crippen molar-refractivity contribution < 1.29 is 13.2 Å². The molecular formula is C12H6BrF3N4S. The van der Waals surface area contributed by atoms with E-state index in [-0.39, 0.29) is 5.65 Å². The number of hydrogen-bond donors (Lipinski definition) is 0. The Hall–Kier alpha value is -1.61. The number of fused-ring (bicyclic) bond motifs is 1. The molecule has 0 aliphatic heterocycles.